The number of hydrogen-bond acceptors (Lipinski definition) is 5. The zero-order valence-electron chi connectivity index (χ0n) is 18.4. The van der Waals surface area contributed by atoms with E-state index in [0.29, 0.717) is 45.7 Å². The minimum Gasteiger partial charge on any atom is -0.476 e. The zero-order chi connectivity index (χ0) is 23.4. The lowest BCUT2D eigenvalue weighted by Crippen LogP contribution is -2.37. The van der Waals surface area contributed by atoms with Crippen LogP contribution in [0.5, 0.6) is 5.88 Å². The van der Waals surface area contributed by atoms with Crippen LogP contribution >= 0.6 is 0 Å². The van der Waals surface area contributed by atoms with Crippen LogP contribution in [-0.2, 0) is 0 Å². The number of ether oxygens (including phenoxy) is 1. The van der Waals surface area contributed by atoms with Crippen LogP contribution in [0.2, 0.25) is 0 Å². The van der Waals surface area contributed by atoms with E-state index in [1.54, 1.807) is 29.2 Å². The molecule has 0 bridgehead atoms. The van der Waals surface area contributed by atoms with E-state index in [1.807, 2.05) is 31.2 Å². The van der Waals surface area contributed by atoms with Crippen molar-refractivity contribution >= 4 is 21.9 Å². The van der Waals surface area contributed by atoms with Crippen LogP contribution in [0.3, 0.4) is 0 Å². The van der Waals surface area contributed by atoms with Crippen molar-refractivity contribution in [3.63, 3.8) is 0 Å². The van der Waals surface area contributed by atoms with Crippen LogP contribution in [-0.4, -0.2) is 32.3 Å². The fraction of sp³-hybridized carbons (Fsp3) is 0.200. The van der Waals surface area contributed by atoms with Crippen molar-refractivity contribution in [2.75, 3.05) is 6.61 Å². The topological polar surface area (TPSA) is 114 Å². The third kappa shape index (κ3) is 3.32. The monoisotopic (exact) mass is 457 g/mol. The smallest absolute Gasteiger partial charge is 0.321 e. The summed E-state index contributed by atoms with van der Waals surface area (Å²) in [7, 11) is 0. The number of benzene rings is 1. The van der Waals surface area contributed by atoms with Crippen molar-refractivity contribution in [2.45, 2.75) is 25.3 Å². The molecule has 8 nitrogen and oxygen atoms in total. The maximum Gasteiger partial charge on any atom is 0.321 e. The molecule has 0 aliphatic heterocycles. The molecule has 9 heteroatoms. The maximum atomic E-state index is 14.5. The normalized spacial score (nSPS) is 14.6. The third-order valence-corrected chi connectivity index (χ3v) is 6.30. The summed E-state index contributed by atoms with van der Waals surface area (Å²) in [5, 5.41) is 7.29. The van der Waals surface area contributed by atoms with Gasteiger partial charge >= 0.3 is 5.56 Å². The Kier molecular flexibility index (Phi) is 4.50. The van der Waals surface area contributed by atoms with Gasteiger partial charge in [0.25, 0.3) is 5.69 Å². The van der Waals surface area contributed by atoms with Gasteiger partial charge in [0, 0.05) is 28.6 Å². The van der Waals surface area contributed by atoms with Crippen LogP contribution in [0.4, 0.5) is 4.39 Å². The highest BCUT2D eigenvalue weighted by molar-refractivity contribution is 6.04. The molecule has 0 spiro atoms. The Hall–Kier alpha value is -4.11. The lowest BCUT2D eigenvalue weighted by atomic mass is 9.98. The number of rotatable bonds is 5. The first kappa shape index (κ1) is 20.5. The molecular formula is C25H22FN6O2+. The largest absolute Gasteiger partial charge is 0.476 e. The van der Waals surface area contributed by atoms with E-state index >= 15 is 0 Å². The number of fused-ring (bicyclic) bond motifs is 2. The van der Waals surface area contributed by atoms with Crippen LogP contribution in [0.25, 0.3) is 38.8 Å². The van der Waals surface area contributed by atoms with E-state index in [-0.39, 0.29) is 16.6 Å². The average molecular weight is 457 g/mol. The minimum absolute atomic E-state index is 0.261. The van der Waals surface area contributed by atoms with Gasteiger partial charge in [-0.25, -0.2) is 9.37 Å². The van der Waals surface area contributed by atoms with Crippen molar-refractivity contribution in [3.05, 3.63) is 76.7 Å². The van der Waals surface area contributed by atoms with Crippen LogP contribution < -0.4 is 20.6 Å². The zero-order valence-corrected chi connectivity index (χ0v) is 18.4. The van der Waals surface area contributed by atoms with Gasteiger partial charge in [-0.2, -0.15) is 9.67 Å². The number of aromatic nitrogens is 5. The number of halogens is 1. The number of nitrogens with two attached hydrogens (primary N) is 1. The second-order valence-corrected chi connectivity index (χ2v) is 8.87. The first-order chi connectivity index (χ1) is 16.4. The number of pyridine rings is 3. The Bertz CT molecular complexity index is 1620. The number of H-pyrrole nitrogens is 2. The van der Waals surface area contributed by atoms with E-state index in [1.165, 1.54) is 6.07 Å². The molecule has 4 N–H and O–H groups in total. The van der Waals surface area contributed by atoms with Crippen LogP contribution in [0.15, 0.2) is 59.8 Å². The predicted octanol–water partition coefficient (Wildman–Crippen LogP) is 3.06. The van der Waals surface area contributed by atoms with Crippen molar-refractivity contribution in [1.29, 1.82) is 0 Å². The molecule has 1 aliphatic rings. The number of hydrogen-bond donors (Lipinski definition) is 3. The molecule has 34 heavy (non-hydrogen) atoms. The molecule has 4 heterocycles. The van der Waals surface area contributed by atoms with Gasteiger partial charge < -0.3 is 15.5 Å². The minimum atomic E-state index is -0.426. The highest BCUT2D eigenvalue weighted by Crippen LogP contribution is 2.37. The van der Waals surface area contributed by atoms with Crippen molar-refractivity contribution in [1.82, 2.24) is 20.2 Å². The molecule has 0 saturated heterocycles. The Balaban J connectivity index is 1.68. The molecule has 1 aliphatic carbocycles. The SMILES string of the molecule is Cc1cc2[nH]c(=O)c(-[n+]3ccccc3)c(-c3ccc(F)c4[nH]ncc34)c2nc1OCC1(N)CC1. The Morgan fingerprint density at radius 1 is 1.24 bits per heavy atom. The highest BCUT2D eigenvalue weighted by atomic mass is 19.1. The number of aromatic amines is 2. The van der Waals surface area contributed by atoms with Gasteiger partial charge in [0.15, 0.2) is 12.4 Å². The fourth-order valence-electron chi connectivity index (χ4n) is 4.22. The molecule has 1 saturated carbocycles. The second kappa shape index (κ2) is 7.46. The molecule has 1 fully saturated rings. The Labute approximate surface area is 193 Å². The average Bonchev–Trinajstić information content (AvgIpc) is 3.35. The van der Waals surface area contributed by atoms with Gasteiger partial charge in [-0.05, 0) is 31.9 Å². The van der Waals surface area contributed by atoms with Crippen LogP contribution in [0.1, 0.15) is 18.4 Å². The van der Waals surface area contributed by atoms with Gasteiger partial charge in [-0.1, -0.05) is 12.1 Å². The summed E-state index contributed by atoms with van der Waals surface area (Å²) < 4.78 is 22.2. The molecule has 5 aromatic rings. The predicted molar refractivity (Wildman–Crippen MR) is 125 cm³/mol. The molecule has 0 radical (unpaired) electrons. The molecular weight excluding hydrogens is 435 g/mol. The van der Waals surface area contributed by atoms with Gasteiger partial charge in [0.2, 0.25) is 5.88 Å². The lowest BCUT2D eigenvalue weighted by Gasteiger charge is -2.15. The van der Waals surface area contributed by atoms with Crippen LogP contribution in [0, 0.1) is 12.7 Å². The van der Waals surface area contributed by atoms with Gasteiger partial charge in [-0.3, -0.25) is 9.89 Å². The highest BCUT2D eigenvalue weighted by Gasteiger charge is 2.39. The number of nitrogens with zero attached hydrogens (tertiary/aromatic N) is 3. The molecule has 170 valence electrons. The van der Waals surface area contributed by atoms with E-state index in [9.17, 15) is 9.18 Å². The summed E-state index contributed by atoms with van der Waals surface area (Å²) in [6.07, 6.45) is 6.96. The Morgan fingerprint density at radius 3 is 2.79 bits per heavy atom. The molecule has 0 unspecified atom stereocenters. The fourth-order valence-corrected chi connectivity index (χ4v) is 4.22. The quantitative estimate of drug-likeness (QED) is 0.351. The second-order valence-electron chi connectivity index (χ2n) is 8.87. The summed E-state index contributed by atoms with van der Waals surface area (Å²) in [4.78, 5) is 21.2. The molecule has 6 rings (SSSR count). The summed E-state index contributed by atoms with van der Waals surface area (Å²) in [6.45, 7) is 2.25. The van der Waals surface area contributed by atoms with E-state index in [4.69, 9.17) is 15.5 Å². The van der Waals surface area contributed by atoms with E-state index in [2.05, 4.69) is 15.2 Å². The number of nitrogens with one attached hydrogen (secondary N) is 2. The summed E-state index contributed by atoms with van der Waals surface area (Å²) >= 11 is 0. The summed E-state index contributed by atoms with van der Waals surface area (Å²) in [5.41, 5.74) is 9.29. The Morgan fingerprint density at radius 2 is 2.03 bits per heavy atom. The van der Waals surface area contributed by atoms with Gasteiger partial charge in [0.05, 0.1) is 22.8 Å². The molecule has 0 amide bonds. The maximum absolute atomic E-state index is 14.5. The standard InChI is InChI=1S/C25H21FN6O2/c1-14-11-18-21(30-24(14)34-13-25(27)7-8-25)19(15-5-6-17(26)20-16(15)12-28-31-20)22(23(33)29-18)32-9-3-2-4-10-32/h2-6,9-12H,7-8,13,27H2,1H3,(H-,28,29,31,33)/p+1. The van der Waals surface area contributed by atoms with Crippen molar-refractivity contribution in [2.24, 2.45) is 5.73 Å². The van der Waals surface area contributed by atoms with Crippen molar-refractivity contribution in [3.8, 4) is 22.7 Å². The summed E-state index contributed by atoms with van der Waals surface area (Å²) in [5.74, 6) is 0.0249. The molecule has 4 aromatic heterocycles. The van der Waals surface area contributed by atoms with Gasteiger partial charge in [-0.15, -0.1) is 0 Å². The first-order valence-electron chi connectivity index (χ1n) is 11.0. The lowest BCUT2D eigenvalue weighted by molar-refractivity contribution is -0.596. The molecule has 1 aromatic carbocycles. The summed E-state index contributed by atoms with van der Waals surface area (Å²) in [6, 6.07) is 10.4. The first-order valence-corrected chi connectivity index (χ1v) is 11.0. The van der Waals surface area contributed by atoms with E-state index < -0.39 is 5.82 Å². The third-order valence-electron chi connectivity index (χ3n) is 6.30. The van der Waals surface area contributed by atoms with E-state index in [0.717, 1.165) is 18.4 Å². The van der Waals surface area contributed by atoms with Crippen molar-refractivity contribution < 1.29 is 13.7 Å². The van der Waals surface area contributed by atoms with Gasteiger partial charge in [0.1, 0.15) is 23.5 Å². The number of aryl methyl sites for hydroxylation is 1. The molecule has 0 atom stereocenters.